The minimum Gasteiger partial charge on any atom is -0.468 e. The van der Waals surface area contributed by atoms with Crippen molar-refractivity contribution in [3.05, 3.63) is 82.8 Å². The van der Waals surface area contributed by atoms with Gasteiger partial charge in [0.15, 0.2) is 5.41 Å². The lowest BCUT2D eigenvalue weighted by Gasteiger charge is -2.37. The zero-order valence-electron chi connectivity index (χ0n) is 18.3. The third-order valence-corrected chi connectivity index (χ3v) is 7.68. The molecule has 2 aromatic carbocycles. The molecule has 1 aliphatic carbocycles. The SMILES string of the molecule is COC(=O)C1(C(=O)OC)CC(S(=O)(=O)c2ccccc2)=C(/C=C/c2ccccc2)C(C)C1. The van der Waals surface area contributed by atoms with Crippen LogP contribution in [0, 0.1) is 11.3 Å². The zero-order chi connectivity index (χ0) is 23.4. The third-order valence-electron chi connectivity index (χ3n) is 5.75. The molecule has 0 N–H and O–H groups in total. The van der Waals surface area contributed by atoms with E-state index in [9.17, 15) is 18.0 Å². The number of hydrogen-bond acceptors (Lipinski definition) is 6. The van der Waals surface area contributed by atoms with Crippen molar-refractivity contribution in [3.63, 3.8) is 0 Å². The lowest BCUT2D eigenvalue weighted by molar-refractivity contribution is -0.170. The fourth-order valence-corrected chi connectivity index (χ4v) is 5.96. The summed E-state index contributed by atoms with van der Waals surface area (Å²) in [7, 11) is -1.63. The van der Waals surface area contributed by atoms with Crippen LogP contribution >= 0.6 is 0 Å². The standard InChI is InChI=1S/C25H26O6S/c1-18-16-25(23(26)30-2,24(27)31-3)17-22(32(28,29)20-12-8-5-9-13-20)21(18)15-14-19-10-6-4-7-11-19/h4-15,18H,16-17H2,1-3H3/b15-14+. The number of benzene rings is 2. The second kappa shape index (κ2) is 9.53. The van der Waals surface area contributed by atoms with E-state index in [-0.39, 0.29) is 22.6 Å². The fourth-order valence-electron chi connectivity index (χ4n) is 4.14. The molecule has 168 valence electrons. The van der Waals surface area contributed by atoms with E-state index in [0.29, 0.717) is 5.57 Å². The smallest absolute Gasteiger partial charge is 0.323 e. The maximum atomic E-state index is 13.7. The van der Waals surface area contributed by atoms with Crippen LogP contribution in [-0.2, 0) is 28.9 Å². The zero-order valence-corrected chi connectivity index (χ0v) is 19.1. The van der Waals surface area contributed by atoms with E-state index in [1.165, 1.54) is 26.4 Å². The summed E-state index contributed by atoms with van der Waals surface area (Å²) in [5.74, 6) is -2.03. The molecule has 1 atom stereocenters. The maximum absolute atomic E-state index is 13.7. The Balaban J connectivity index is 2.23. The van der Waals surface area contributed by atoms with Crippen molar-refractivity contribution in [2.45, 2.75) is 24.7 Å². The van der Waals surface area contributed by atoms with E-state index in [4.69, 9.17) is 9.47 Å². The van der Waals surface area contributed by atoms with Gasteiger partial charge in [-0.2, -0.15) is 0 Å². The van der Waals surface area contributed by atoms with Crippen molar-refractivity contribution in [2.24, 2.45) is 11.3 Å². The van der Waals surface area contributed by atoms with E-state index < -0.39 is 33.1 Å². The highest BCUT2D eigenvalue weighted by Crippen LogP contribution is 2.47. The number of methoxy groups -OCH3 is 2. The van der Waals surface area contributed by atoms with Crippen LogP contribution < -0.4 is 0 Å². The molecule has 0 radical (unpaired) electrons. The summed E-state index contributed by atoms with van der Waals surface area (Å²) in [4.78, 5) is 25.7. The molecule has 0 bridgehead atoms. The van der Waals surface area contributed by atoms with Crippen molar-refractivity contribution in [1.29, 1.82) is 0 Å². The number of esters is 2. The van der Waals surface area contributed by atoms with Gasteiger partial charge in [-0.3, -0.25) is 9.59 Å². The molecule has 1 aliphatic rings. The van der Waals surface area contributed by atoms with Crippen LogP contribution in [0.25, 0.3) is 6.08 Å². The molecule has 0 spiro atoms. The molecule has 0 aromatic heterocycles. The minimum absolute atomic E-state index is 0.0189. The van der Waals surface area contributed by atoms with Gasteiger partial charge in [-0.05, 0) is 35.6 Å². The van der Waals surface area contributed by atoms with E-state index in [1.807, 2.05) is 36.4 Å². The summed E-state index contributed by atoms with van der Waals surface area (Å²) < 4.78 is 37.2. The first-order valence-electron chi connectivity index (χ1n) is 10.2. The Bertz CT molecular complexity index is 1130. The first-order chi connectivity index (χ1) is 15.3. The van der Waals surface area contributed by atoms with Gasteiger partial charge in [-0.15, -0.1) is 0 Å². The van der Waals surface area contributed by atoms with Crippen molar-refractivity contribution >= 4 is 27.9 Å². The quantitative estimate of drug-likeness (QED) is 0.481. The van der Waals surface area contributed by atoms with Gasteiger partial charge in [0.05, 0.1) is 24.0 Å². The van der Waals surface area contributed by atoms with Gasteiger partial charge in [0.2, 0.25) is 9.84 Å². The molecule has 6 nitrogen and oxygen atoms in total. The van der Waals surface area contributed by atoms with E-state index in [0.717, 1.165) is 5.56 Å². The van der Waals surface area contributed by atoms with Crippen LogP contribution in [0.15, 0.2) is 82.1 Å². The average Bonchev–Trinajstić information content (AvgIpc) is 2.82. The molecule has 0 saturated carbocycles. The van der Waals surface area contributed by atoms with Crippen molar-refractivity contribution in [3.8, 4) is 0 Å². The van der Waals surface area contributed by atoms with Gasteiger partial charge in [0, 0.05) is 6.42 Å². The maximum Gasteiger partial charge on any atom is 0.323 e. The summed E-state index contributed by atoms with van der Waals surface area (Å²) in [6, 6.07) is 17.5. The second-order valence-electron chi connectivity index (χ2n) is 7.79. The molecule has 0 fully saturated rings. The van der Waals surface area contributed by atoms with Crippen molar-refractivity contribution in [2.75, 3.05) is 14.2 Å². The summed E-state index contributed by atoms with van der Waals surface area (Å²) in [5.41, 5.74) is -0.271. The first-order valence-corrected chi connectivity index (χ1v) is 11.7. The summed E-state index contributed by atoms with van der Waals surface area (Å²) >= 11 is 0. The Hall–Kier alpha value is -3.19. The molecule has 0 aliphatic heterocycles. The topological polar surface area (TPSA) is 86.7 Å². The Labute approximate surface area is 188 Å². The summed E-state index contributed by atoms with van der Waals surface area (Å²) in [6.07, 6.45) is 3.33. The van der Waals surface area contributed by atoms with Gasteiger partial charge < -0.3 is 9.47 Å². The number of allylic oxidation sites excluding steroid dienone is 3. The van der Waals surface area contributed by atoms with Crippen molar-refractivity contribution in [1.82, 2.24) is 0 Å². The molecule has 7 heteroatoms. The summed E-state index contributed by atoms with van der Waals surface area (Å²) in [6.45, 7) is 1.80. The molecule has 1 unspecified atom stereocenters. The van der Waals surface area contributed by atoms with E-state index in [1.54, 1.807) is 31.2 Å². The minimum atomic E-state index is -3.99. The molecule has 0 saturated heterocycles. The number of carbonyl (C=O) groups excluding carboxylic acids is 2. The molecule has 0 amide bonds. The normalized spacial score (nSPS) is 18.4. The number of rotatable bonds is 6. The van der Waals surface area contributed by atoms with Crippen LogP contribution in [0.2, 0.25) is 0 Å². The average molecular weight is 455 g/mol. The molecule has 2 aromatic rings. The number of sulfone groups is 1. The number of carbonyl (C=O) groups is 2. The van der Waals surface area contributed by atoms with Gasteiger partial charge in [-0.1, -0.05) is 67.6 Å². The van der Waals surface area contributed by atoms with Crippen molar-refractivity contribution < 1.29 is 27.5 Å². The fraction of sp³-hybridized carbons (Fsp3) is 0.280. The van der Waals surface area contributed by atoms with Crippen LogP contribution in [0.5, 0.6) is 0 Å². The van der Waals surface area contributed by atoms with Crippen LogP contribution in [0.3, 0.4) is 0 Å². The molecule has 3 rings (SSSR count). The highest BCUT2D eigenvalue weighted by atomic mass is 32.2. The third kappa shape index (κ3) is 4.39. The van der Waals surface area contributed by atoms with Gasteiger partial charge in [-0.25, -0.2) is 8.42 Å². The Morgan fingerprint density at radius 2 is 1.44 bits per heavy atom. The largest absolute Gasteiger partial charge is 0.468 e. The van der Waals surface area contributed by atoms with Gasteiger partial charge in [0.1, 0.15) is 0 Å². The van der Waals surface area contributed by atoms with E-state index in [2.05, 4.69) is 0 Å². The van der Waals surface area contributed by atoms with E-state index >= 15 is 0 Å². The molecular weight excluding hydrogens is 428 g/mol. The Morgan fingerprint density at radius 1 is 0.906 bits per heavy atom. The molecule has 32 heavy (non-hydrogen) atoms. The Kier molecular flexibility index (Phi) is 6.99. The number of ether oxygens (including phenoxy) is 2. The predicted octanol–water partition coefficient (Wildman–Crippen LogP) is 4.19. The highest BCUT2D eigenvalue weighted by Gasteiger charge is 2.54. The lowest BCUT2D eigenvalue weighted by Crippen LogP contribution is -2.46. The van der Waals surface area contributed by atoms with Gasteiger partial charge in [0.25, 0.3) is 0 Å². The van der Waals surface area contributed by atoms with Gasteiger partial charge >= 0.3 is 11.9 Å². The lowest BCUT2D eigenvalue weighted by atomic mass is 9.70. The summed E-state index contributed by atoms with van der Waals surface area (Å²) in [5, 5.41) is 0. The number of hydrogen-bond donors (Lipinski definition) is 0. The first kappa shape index (κ1) is 23.5. The van der Waals surface area contributed by atoms with Crippen LogP contribution in [-0.4, -0.2) is 34.6 Å². The molecular formula is C25H26O6S. The predicted molar refractivity (Wildman–Crippen MR) is 121 cm³/mol. The molecule has 0 heterocycles. The monoisotopic (exact) mass is 454 g/mol. The highest BCUT2D eigenvalue weighted by molar-refractivity contribution is 7.95. The Morgan fingerprint density at radius 3 is 1.97 bits per heavy atom. The second-order valence-corrected chi connectivity index (χ2v) is 9.76. The van der Waals surface area contributed by atoms with Crippen LogP contribution in [0.4, 0.5) is 0 Å². The van der Waals surface area contributed by atoms with Crippen LogP contribution in [0.1, 0.15) is 25.3 Å².